The summed E-state index contributed by atoms with van der Waals surface area (Å²) in [6.07, 6.45) is 5.25. The van der Waals surface area contributed by atoms with Crippen LogP contribution in [0.25, 0.3) is 22.3 Å². The summed E-state index contributed by atoms with van der Waals surface area (Å²) in [6.45, 7) is 1.17. The van der Waals surface area contributed by atoms with Crippen LogP contribution in [0.1, 0.15) is 22.2 Å². The van der Waals surface area contributed by atoms with E-state index in [9.17, 15) is 4.79 Å². The molecule has 0 unspecified atom stereocenters. The van der Waals surface area contributed by atoms with Gasteiger partial charge in [-0.15, -0.1) is 0 Å². The molecule has 4 aromatic rings. The van der Waals surface area contributed by atoms with Crippen LogP contribution >= 0.6 is 0 Å². The van der Waals surface area contributed by atoms with E-state index >= 15 is 0 Å². The molecule has 7 heteroatoms. The van der Waals surface area contributed by atoms with Gasteiger partial charge in [0.05, 0.1) is 5.92 Å². The Kier molecular flexibility index (Phi) is 3.31. The first kappa shape index (κ1) is 14.8. The van der Waals surface area contributed by atoms with Crippen LogP contribution in [-0.4, -0.2) is 44.0 Å². The van der Waals surface area contributed by atoms with Crippen molar-refractivity contribution in [1.29, 1.82) is 0 Å². The largest absolute Gasteiger partial charge is 0.361 e. The number of hydrogen-bond donors (Lipinski definition) is 1. The van der Waals surface area contributed by atoms with Gasteiger partial charge < -0.3 is 14.4 Å². The monoisotopic (exact) mass is 345 g/mol. The molecule has 3 aromatic heterocycles. The fourth-order valence-electron chi connectivity index (χ4n) is 3.18. The van der Waals surface area contributed by atoms with Crippen molar-refractivity contribution in [3.63, 3.8) is 0 Å². The van der Waals surface area contributed by atoms with Crippen molar-refractivity contribution < 1.29 is 9.32 Å². The number of aromatic nitrogens is 4. The van der Waals surface area contributed by atoms with E-state index in [1.165, 1.54) is 0 Å². The highest BCUT2D eigenvalue weighted by molar-refractivity contribution is 5.98. The number of pyridine rings is 1. The highest BCUT2D eigenvalue weighted by atomic mass is 16.5. The maximum absolute atomic E-state index is 12.6. The zero-order valence-electron chi connectivity index (χ0n) is 13.8. The van der Waals surface area contributed by atoms with Crippen LogP contribution in [0.4, 0.5) is 0 Å². The van der Waals surface area contributed by atoms with Crippen LogP contribution in [0, 0.1) is 0 Å². The molecule has 128 valence electrons. The molecule has 0 spiro atoms. The summed E-state index contributed by atoms with van der Waals surface area (Å²) in [5, 5.41) is 5.12. The molecule has 0 aliphatic carbocycles. The van der Waals surface area contributed by atoms with E-state index in [1.54, 1.807) is 17.3 Å². The second kappa shape index (κ2) is 5.80. The third kappa shape index (κ3) is 2.45. The number of H-pyrrole nitrogens is 1. The van der Waals surface area contributed by atoms with E-state index in [-0.39, 0.29) is 11.8 Å². The Bertz CT molecular complexity index is 1080. The van der Waals surface area contributed by atoms with Crippen molar-refractivity contribution in [2.75, 3.05) is 13.1 Å². The van der Waals surface area contributed by atoms with Crippen LogP contribution < -0.4 is 0 Å². The number of carbonyl (C=O) groups excluding carboxylic acids is 1. The summed E-state index contributed by atoms with van der Waals surface area (Å²) in [6, 6.07) is 11.4. The SMILES string of the molecule is O=C(c1ccc2cc[nH]c2c1)N1CC(c2nc(-c3ccncc3)no2)C1. The van der Waals surface area contributed by atoms with Crippen LogP contribution in [0.15, 0.2) is 59.5 Å². The summed E-state index contributed by atoms with van der Waals surface area (Å²) in [4.78, 5) is 26.0. The van der Waals surface area contributed by atoms with Gasteiger partial charge in [-0.1, -0.05) is 11.2 Å². The van der Waals surface area contributed by atoms with E-state index < -0.39 is 0 Å². The van der Waals surface area contributed by atoms with Crippen molar-refractivity contribution in [2.24, 2.45) is 0 Å². The average molecular weight is 345 g/mol. The number of rotatable bonds is 3. The first-order valence-electron chi connectivity index (χ1n) is 8.38. The third-order valence-electron chi connectivity index (χ3n) is 4.70. The fourth-order valence-corrected chi connectivity index (χ4v) is 3.18. The Morgan fingerprint density at radius 3 is 2.85 bits per heavy atom. The number of nitrogens with zero attached hydrogens (tertiary/aromatic N) is 4. The number of nitrogens with one attached hydrogen (secondary N) is 1. The Hall–Kier alpha value is -3.48. The van der Waals surface area contributed by atoms with Crippen LogP contribution in [-0.2, 0) is 0 Å². The highest BCUT2D eigenvalue weighted by Gasteiger charge is 2.36. The molecule has 1 N–H and O–H groups in total. The van der Waals surface area contributed by atoms with E-state index in [0.717, 1.165) is 16.5 Å². The molecule has 0 atom stereocenters. The average Bonchev–Trinajstić information content (AvgIpc) is 3.30. The van der Waals surface area contributed by atoms with E-state index in [1.807, 2.05) is 42.6 Å². The van der Waals surface area contributed by atoms with Crippen molar-refractivity contribution in [3.05, 3.63) is 66.4 Å². The third-order valence-corrected chi connectivity index (χ3v) is 4.70. The summed E-state index contributed by atoms with van der Waals surface area (Å²) >= 11 is 0. The minimum Gasteiger partial charge on any atom is -0.361 e. The van der Waals surface area contributed by atoms with Crippen molar-refractivity contribution in [2.45, 2.75) is 5.92 Å². The van der Waals surface area contributed by atoms with E-state index in [0.29, 0.717) is 30.4 Å². The number of hydrogen-bond acceptors (Lipinski definition) is 5. The molecule has 4 heterocycles. The zero-order chi connectivity index (χ0) is 17.5. The van der Waals surface area contributed by atoms with Gasteiger partial charge >= 0.3 is 0 Å². The van der Waals surface area contributed by atoms with E-state index in [2.05, 4.69) is 20.1 Å². The topological polar surface area (TPSA) is 87.9 Å². The van der Waals surface area contributed by atoms with Gasteiger partial charge in [0.2, 0.25) is 11.7 Å². The first-order valence-corrected chi connectivity index (χ1v) is 8.38. The number of likely N-dealkylation sites (tertiary alicyclic amines) is 1. The molecule has 1 aliphatic rings. The number of aromatic amines is 1. The first-order chi connectivity index (χ1) is 12.8. The predicted molar refractivity (Wildman–Crippen MR) is 94.5 cm³/mol. The lowest BCUT2D eigenvalue weighted by molar-refractivity contribution is 0.0569. The predicted octanol–water partition coefficient (Wildman–Crippen LogP) is 2.85. The fraction of sp³-hybridized carbons (Fsp3) is 0.158. The van der Waals surface area contributed by atoms with Crippen LogP contribution in [0.2, 0.25) is 0 Å². The number of benzene rings is 1. The molecule has 1 saturated heterocycles. The molecule has 0 saturated carbocycles. The molecular weight excluding hydrogens is 330 g/mol. The lowest BCUT2D eigenvalue weighted by Gasteiger charge is -2.37. The van der Waals surface area contributed by atoms with Gasteiger partial charge in [-0.25, -0.2) is 0 Å². The Labute approximate surface area is 148 Å². The normalized spacial score (nSPS) is 14.5. The molecule has 26 heavy (non-hydrogen) atoms. The molecule has 5 rings (SSSR count). The van der Waals surface area contributed by atoms with Gasteiger partial charge in [0.1, 0.15) is 0 Å². The summed E-state index contributed by atoms with van der Waals surface area (Å²) in [5.74, 6) is 1.22. The van der Waals surface area contributed by atoms with Gasteiger partial charge in [0, 0.05) is 48.3 Å². The zero-order valence-corrected chi connectivity index (χ0v) is 13.8. The summed E-state index contributed by atoms with van der Waals surface area (Å²) in [7, 11) is 0. The minimum absolute atomic E-state index is 0.0200. The van der Waals surface area contributed by atoms with Gasteiger partial charge in [-0.2, -0.15) is 4.98 Å². The Balaban J connectivity index is 1.28. The van der Waals surface area contributed by atoms with Gasteiger partial charge in [-0.05, 0) is 35.7 Å². The lowest BCUT2D eigenvalue weighted by Crippen LogP contribution is -2.48. The lowest BCUT2D eigenvalue weighted by atomic mass is 9.98. The molecule has 1 fully saturated rings. The van der Waals surface area contributed by atoms with E-state index in [4.69, 9.17) is 4.52 Å². The smallest absolute Gasteiger partial charge is 0.253 e. The molecule has 1 amide bonds. The Morgan fingerprint density at radius 2 is 2.00 bits per heavy atom. The molecule has 1 aliphatic heterocycles. The van der Waals surface area contributed by atoms with Gasteiger partial charge in [0.25, 0.3) is 5.91 Å². The van der Waals surface area contributed by atoms with Crippen LogP contribution in [0.3, 0.4) is 0 Å². The Morgan fingerprint density at radius 1 is 1.15 bits per heavy atom. The number of fused-ring (bicyclic) bond motifs is 1. The molecule has 0 radical (unpaired) electrons. The second-order valence-electron chi connectivity index (χ2n) is 6.38. The summed E-state index contributed by atoms with van der Waals surface area (Å²) in [5.41, 5.74) is 2.51. The second-order valence-corrected chi connectivity index (χ2v) is 6.38. The molecule has 7 nitrogen and oxygen atoms in total. The van der Waals surface area contributed by atoms with Crippen molar-refractivity contribution in [1.82, 2.24) is 25.0 Å². The number of carbonyl (C=O) groups is 1. The molecule has 1 aromatic carbocycles. The highest BCUT2D eigenvalue weighted by Crippen LogP contribution is 2.29. The van der Waals surface area contributed by atoms with Gasteiger partial charge in [0.15, 0.2) is 0 Å². The molecular formula is C19H15N5O2. The van der Waals surface area contributed by atoms with Crippen molar-refractivity contribution >= 4 is 16.8 Å². The summed E-state index contributed by atoms with van der Waals surface area (Å²) < 4.78 is 5.38. The quantitative estimate of drug-likeness (QED) is 0.617. The maximum Gasteiger partial charge on any atom is 0.253 e. The number of amides is 1. The van der Waals surface area contributed by atoms with Gasteiger partial charge in [-0.3, -0.25) is 9.78 Å². The minimum atomic E-state index is 0.0200. The maximum atomic E-state index is 12.6. The molecule has 0 bridgehead atoms. The van der Waals surface area contributed by atoms with Crippen LogP contribution in [0.5, 0.6) is 0 Å². The standard InChI is InChI=1S/C19H15N5O2/c25-19(14-2-1-12-5-8-21-16(12)9-14)24-10-15(11-24)18-22-17(23-26-18)13-3-6-20-7-4-13/h1-9,15,21H,10-11H2. The van der Waals surface area contributed by atoms with Crippen molar-refractivity contribution in [3.8, 4) is 11.4 Å².